The lowest BCUT2D eigenvalue weighted by atomic mass is 9.92. The normalized spacial score (nSPS) is 12.5. The number of hydrogen-bond acceptors (Lipinski definition) is 4. The molecular formula is C12H20N2O2S. The van der Waals surface area contributed by atoms with Gasteiger partial charge in [-0.1, -0.05) is 20.8 Å². The fraction of sp³-hybridized carbons (Fsp3) is 0.583. The minimum absolute atomic E-state index is 0.215. The first-order valence-corrected chi connectivity index (χ1v) is 7.48. The van der Waals surface area contributed by atoms with Crippen molar-refractivity contribution in [3.05, 3.63) is 18.3 Å². The average Bonchev–Trinajstić information content (AvgIpc) is 2.15. The van der Waals surface area contributed by atoms with Crippen LogP contribution in [0, 0.1) is 5.41 Å². The van der Waals surface area contributed by atoms with E-state index in [1.54, 1.807) is 18.3 Å². The lowest BCUT2D eigenvalue weighted by Crippen LogP contribution is -2.15. The molecule has 1 rings (SSSR count). The van der Waals surface area contributed by atoms with Crippen molar-refractivity contribution < 1.29 is 8.42 Å². The van der Waals surface area contributed by atoms with Crippen molar-refractivity contribution in [2.24, 2.45) is 5.41 Å². The quantitative estimate of drug-likeness (QED) is 0.898. The SMILES string of the molecule is CC(C)(C)CCNc1ncccc1S(C)(=O)=O. The average molecular weight is 256 g/mol. The highest BCUT2D eigenvalue weighted by Crippen LogP contribution is 2.21. The minimum atomic E-state index is -3.22. The summed E-state index contributed by atoms with van der Waals surface area (Å²) in [5.41, 5.74) is 0.215. The molecule has 1 aromatic rings. The molecule has 0 bridgehead atoms. The molecule has 0 aliphatic carbocycles. The first-order valence-electron chi connectivity index (χ1n) is 5.59. The van der Waals surface area contributed by atoms with Crippen LogP contribution in [0.15, 0.2) is 23.2 Å². The molecule has 0 unspecified atom stereocenters. The highest BCUT2D eigenvalue weighted by Gasteiger charge is 2.15. The maximum atomic E-state index is 11.5. The monoisotopic (exact) mass is 256 g/mol. The highest BCUT2D eigenvalue weighted by molar-refractivity contribution is 7.90. The molecule has 0 aromatic carbocycles. The van der Waals surface area contributed by atoms with Gasteiger partial charge < -0.3 is 5.32 Å². The Labute approximate surface area is 103 Å². The van der Waals surface area contributed by atoms with Crippen LogP contribution in [0.25, 0.3) is 0 Å². The second kappa shape index (κ2) is 5.04. The number of rotatable bonds is 4. The summed E-state index contributed by atoms with van der Waals surface area (Å²) in [5.74, 6) is 0.444. The first kappa shape index (κ1) is 14.0. The summed E-state index contributed by atoms with van der Waals surface area (Å²) in [6.07, 6.45) is 3.74. The van der Waals surface area contributed by atoms with Gasteiger partial charge in [0.2, 0.25) is 0 Å². The van der Waals surface area contributed by atoms with Crippen molar-refractivity contribution in [2.45, 2.75) is 32.1 Å². The fourth-order valence-corrected chi connectivity index (χ4v) is 2.18. The summed E-state index contributed by atoms with van der Waals surface area (Å²) in [6.45, 7) is 7.14. The number of hydrogen-bond donors (Lipinski definition) is 1. The van der Waals surface area contributed by atoms with Gasteiger partial charge in [-0.05, 0) is 24.0 Å². The van der Waals surface area contributed by atoms with E-state index in [-0.39, 0.29) is 10.3 Å². The van der Waals surface area contributed by atoms with Crippen molar-refractivity contribution in [2.75, 3.05) is 18.1 Å². The molecule has 0 aliphatic rings. The Morgan fingerprint density at radius 1 is 1.35 bits per heavy atom. The predicted octanol–water partition coefficient (Wildman–Crippen LogP) is 2.33. The molecule has 1 aromatic heterocycles. The maximum Gasteiger partial charge on any atom is 0.179 e. The van der Waals surface area contributed by atoms with Crippen LogP contribution in [-0.4, -0.2) is 26.2 Å². The number of nitrogens with one attached hydrogen (secondary N) is 1. The molecule has 96 valence electrons. The van der Waals surface area contributed by atoms with Crippen LogP contribution in [0.4, 0.5) is 5.82 Å². The molecule has 0 saturated carbocycles. The summed E-state index contributed by atoms with van der Waals surface area (Å²) in [5, 5.41) is 3.09. The molecule has 0 radical (unpaired) electrons. The number of anilines is 1. The Hall–Kier alpha value is -1.10. The van der Waals surface area contributed by atoms with Crippen molar-refractivity contribution in [3.63, 3.8) is 0 Å². The zero-order valence-electron chi connectivity index (χ0n) is 10.8. The second-order valence-corrected chi connectivity index (χ2v) is 7.34. The zero-order valence-corrected chi connectivity index (χ0v) is 11.6. The van der Waals surface area contributed by atoms with Gasteiger partial charge in [-0.3, -0.25) is 0 Å². The van der Waals surface area contributed by atoms with Crippen LogP contribution in [0.3, 0.4) is 0 Å². The van der Waals surface area contributed by atoms with E-state index < -0.39 is 9.84 Å². The summed E-state index contributed by atoms with van der Waals surface area (Å²) in [6, 6.07) is 3.20. The molecule has 1 heterocycles. The molecule has 0 fully saturated rings. The van der Waals surface area contributed by atoms with Gasteiger partial charge in [-0.25, -0.2) is 13.4 Å². The van der Waals surface area contributed by atoms with Gasteiger partial charge in [-0.2, -0.15) is 0 Å². The van der Waals surface area contributed by atoms with Crippen molar-refractivity contribution in [1.29, 1.82) is 0 Å². The molecule has 0 aliphatic heterocycles. The molecule has 0 saturated heterocycles. The van der Waals surface area contributed by atoms with Gasteiger partial charge in [-0.15, -0.1) is 0 Å². The zero-order chi connectivity index (χ0) is 13.1. The molecule has 0 spiro atoms. The summed E-state index contributed by atoms with van der Waals surface area (Å²) < 4.78 is 23.1. The van der Waals surface area contributed by atoms with E-state index in [9.17, 15) is 8.42 Å². The van der Waals surface area contributed by atoms with E-state index in [4.69, 9.17) is 0 Å². The van der Waals surface area contributed by atoms with Gasteiger partial charge in [0, 0.05) is 19.0 Å². The number of aromatic nitrogens is 1. The molecule has 5 heteroatoms. The van der Waals surface area contributed by atoms with E-state index in [0.29, 0.717) is 12.4 Å². The molecule has 0 atom stereocenters. The Morgan fingerprint density at radius 2 is 2.00 bits per heavy atom. The smallest absolute Gasteiger partial charge is 0.179 e. The summed E-state index contributed by atoms with van der Waals surface area (Å²) >= 11 is 0. The lowest BCUT2D eigenvalue weighted by Gasteiger charge is -2.18. The third kappa shape index (κ3) is 4.73. The minimum Gasteiger partial charge on any atom is -0.369 e. The molecular weight excluding hydrogens is 236 g/mol. The summed E-state index contributed by atoms with van der Waals surface area (Å²) in [7, 11) is -3.22. The number of sulfone groups is 1. The van der Waals surface area contributed by atoms with E-state index in [0.717, 1.165) is 6.42 Å². The van der Waals surface area contributed by atoms with Crippen molar-refractivity contribution in [1.82, 2.24) is 4.98 Å². The van der Waals surface area contributed by atoms with E-state index in [2.05, 4.69) is 31.1 Å². The van der Waals surface area contributed by atoms with Crippen molar-refractivity contribution >= 4 is 15.7 Å². The molecule has 4 nitrogen and oxygen atoms in total. The molecule has 1 N–H and O–H groups in total. The second-order valence-electron chi connectivity index (χ2n) is 5.36. The first-order chi connectivity index (χ1) is 7.70. The predicted molar refractivity (Wildman–Crippen MR) is 69.9 cm³/mol. The standard InChI is InChI=1S/C12H20N2O2S/c1-12(2,3)7-9-14-11-10(17(4,15)16)6-5-8-13-11/h5-6,8H,7,9H2,1-4H3,(H,13,14). The van der Waals surface area contributed by atoms with Crippen LogP contribution in [0.2, 0.25) is 0 Å². The lowest BCUT2D eigenvalue weighted by molar-refractivity contribution is 0.389. The fourth-order valence-electron chi connectivity index (χ4n) is 1.38. The van der Waals surface area contributed by atoms with Crippen molar-refractivity contribution in [3.8, 4) is 0 Å². The van der Waals surface area contributed by atoms with Gasteiger partial charge in [0.05, 0.1) is 0 Å². The number of pyridine rings is 1. The topological polar surface area (TPSA) is 59.1 Å². The Kier molecular flexibility index (Phi) is 4.14. The summed E-state index contributed by atoms with van der Waals surface area (Å²) in [4.78, 5) is 4.33. The Balaban J connectivity index is 2.79. The Morgan fingerprint density at radius 3 is 2.53 bits per heavy atom. The van der Waals surface area contributed by atoms with E-state index in [1.165, 1.54) is 6.26 Å². The van der Waals surface area contributed by atoms with Gasteiger partial charge in [0.1, 0.15) is 10.7 Å². The van der Waals surface area contributed by atoms with Crippen LogP contribution in [0.5, 0.6) is 0 Å². The third-order valence-electron chi connectivity index (χ3n) is 2.34. The largest absolute Gasteiger partial charge is 0.369 e. The van der Waals surface area contributed by atoms with Gasteiger partial charge in [0.15, 0.2) is 9.84 Å². The van der Waals surface area contributed by atoms with E-state index >= 15 is 0 Å². The highest BCUT2D eigenvalue weighted by atomic mass is 32.2. The van der Waals surface area contributed by atoms with Crippen LogP contribution in [-0.2, 0) is 9.84 Å². The Bertz CT molecular complexity index is 476. The van der Waals surface area contributed by atoms with Gasteiger partial charge in [0.25, 0.3) is 0 Å². The molecule has 17 heavy (non-hydrogen) atoms. The third-order valence-corrected chi connectivity index (χ3v) is 3.47. The molecule has 0 amide bonds. The van der Waals surface area contributed by atoms with Crippen LogP contribution >= 0.6 is 0 Å². The maximum absolute atomic E-state index is 11.5. The van der Waals surface area contributed by atoms with Gasteiger partial charge >= 0.3 is 0 Å². The number of nitrogens with zero attached hydrogens (tertiary/aromatic N) is 1. The van der Waals surface area contributed by atoms with E-state index in [1.807, 2.05) is 0 Å². The van der Waals surface area contributed by atoms with Crippen LogP contribution in [0.1, 0.15) is 27.2 Å². The van der Waals surface area contributed by atoms with Crippen LogP contribution < -0.4 is 5.32 Å².